The predicted molar refractivity (Wildman–Crippen MR) is 131 cm³/mol. The molecule has 0 spiro atoms. The van der Waals surface area contributed by atoms with Crippen molar-refractivity contribution in [2.75, 3.05) is 4.90 Å². The summed E-state index contributed by atoms with van der Waals surface area (Å²) < 4.78 is 8.26. The molecule has 0 aliphatic carbocycles. The first-order chi connectivity index (χ1) is 16.3. The fourth-order valence-corrected chi connectivity index (χ4v) is 4.34. The molecule has 0 amide bonds. The van der Waals surface area contributed by atoms with Crippen LogP contribution in [0.25, 0.3) is 22.6 Å². The van der Waals surface area contributed by atoms with Crippen LogP contribution < -0.4 is 9.64 Å². The standard InChI is InChI=1S/C28H22N4O/c1-31-16-15-30-28(31)21-12-13-22-19-33-27-11-3-2-10-25(27)32(26(22)18-21)23-8-6-7-20(17-23)24-9-4-5-14-29-24/h2-18H,19H2,1H3. The van der Waals surface area contributed by atoms with Crippen molar-refractivity contribution in [2.24, 2.45) is 7.05 Å². The molecule has 3 heterocycles. The summed E-state index contributed by atoms with van der Waals surface area (Å²) >= 11 is 0. The van der Waals surface area contributed by atoms with Crippen molar-refractivity contribution in [3.63, 3.8) is 0 Å². The van der Waals surface area contributed by atoms with Crippen LogP contribution in [-0.2, 0) is 13.7 Å². The Balaban J connectivity index is 1.56. The molecule has 5 aromatic rings. The van der Waals surface area contributed by atoms with Crippen molar-refractivity contribution in [2.45, 2.75) is 6.61 Å². The van der Waals surface area contributed by atoms with Crippen LogP contribution in [0.2, 0.25) is 0 Å². The average Bonchev–Trinajstić information content (AvgIpc) is 3.23. The highest BCUT2D eigenvalue weighted by Gasteiger charge is 2.24. The first kappa shape index (κ1) is 19.3. The summed E-state index contributed by atoms with van der Waals surface area (Å²) in [5, 5.41) is 0. The number of anilines is 3. The smallest absolute Gasteiger partial charge is 0.143 e. The quantitative estimate of drug-likeness (QED) is 0.327. The maximum absolute atomic E-state index is 6.22. The number of benzene rings is 3. The molecule has 5 heteroatoms. The van der Waals surface area contributed by atoms with Crippen LogP contribution in [-0.4, -0.2) is 14.5 Å². The monoisotopic (exact) mass is 430 g/mol. The van der Waals surface area contributed by atoms with Gasteiger partial charge in [0.1, 0.15) is 18.2 Å². The van der Waals surface area contributed by atoms with Gasteiger partial charge in [-0.3, -0.25) is 4.98 Å². The van der Waals surface area contributed by atoms with E-state index in [1.165, 1.54) is 0 Å². The molecular weight excluding hydrogens is 408 g/mol. The number of aromatic nitrogens is 3. The van der Waals surface area contributed by atoms with Gasteiger partial charge in [-0.1, -0.05) is 42.5 Å². The van der Waals surface area contributed by atoms with Crippen LogP contribution in [0.3, 0.4) is 0 Å². The SMILES string of the molecule is Cn1ccnc1-c1ccc2c(c1)N(c1cccc(-c3ccccn3)c1)c1ccccc1OC2. The molecule has 0 N–H and O–H groups in total. The van der Waals surface area contributed by atoms with Gasteiger partial charge in [-0.05, 0) is 42.5 Å². The van der Waals surface area contributed by atoms with E-state index >= 15 is 0 Å². The minimum Gasteiger partial charge on any atom is -0.487 e. The first-order valence-corrected chi connectivity index (χ1v) is 10.9. The second-order valence-corrected chi connectivity index (χ2v) is 8.06. The molecule has 3 aromatic carbocycles. The molecule has 2 aromatic heterocycles. The molecule has 0 unspecified atom stereocenters. The molecule has 0 radical (unpaired) electrons. The van der Waals surface area contributed by atoms with E-state index < -0.39 is 0 Å². The Morgan fingerprint density at radius 1 is 0.758 bits per heavy atom. The molecule has 1 aliphatic heterocycles. The van der Waals surface area contributed by atoms with Crippen molar-refractivity contribution >= 4 is 17.1 Å². The van der Waals surface area contributed by atoms with Gasteiger partial charge in [0, 0.05) is 48.0 Å². The van der Waals surface area contributed by atoms with Crippen LogP contribution in [0.5, 0.6) is 5.75 Å². The van der Waals surface area contributed by atoms with E-state index in [0.29, 0.717) is 6.61 Å². The van der Waals surface area contributed by atoms with Crippen LogP contribution in [0.4, 0.5) is 17.1 Å². The van der Waals surface area contributed by atoms with Gasteiger partial charge in [0.25, 0.3) is 0 Å². The summed E-state index contributed by atoms with van der Waals surface area (Å²) in [4.78, 5) is 11.4. The van der Waals surface area contributed by atoms with Gasteiger partial charge in [-0.15, -0.1) is 0 Å². The second-order valence-electron chi connectivity index (χ2n) is 8.06. The van der Waals surface area contributed by atoms with Gasteiger partial charge in [0.2, 0.25) is 0 Å². The number of aryl methyl sites for hydroxylation is 1. The molecule has 0 bridgehead atoms. The van der Waals surface area contributed by atoms with Crippen LogP contribution in [0, 0.1) is 0 Å². The van der Waals surface area contributed by atoms with Crippen LogP contribution in [0.15, 0.2) is 104 Å². The van der Waals surface area contributed by atoms with E-state index in [0.717, 1.165) is 51.0 Å². The van der Waals surface area contributed by atoms with E-state index in [2.05, 4.69) is 63.4 Å². The number of imidazole rings is 1. The molecule has 0 atom stereocenters. The number of nitrogens with zero attached hydrogens (tertiary/aromatic N) is 4. The molecular formula is C28H22N4O. The van der Waals surface area contributed by atoms with Crippen molar-refractivity contribution < 1.29 is 4.74 Å². The van der Waals surface area contributed by atoms with Crippen LogP contribution in [0.1, 0.15) is 5.56 Å². The molecule has 6 rings (SSSR count). The topological polar surface area (TPSA) is 43.2 Å². The molecule has 0 saturated heterocycles. The van der Waals surface area contributed by atoms with Crippen molar-refractivity contribution in [3.05, 3.63) is 109 Å². The predicted octanol–water partition coefficient (Wildman–Crippen LogP) is 6.51. The fourth-order valence-electron chi connectivity index (χ4n) is 4.34. The minimum atomic E-state index is 0.504. The summed E-state index contributed by atoms with van der Waals surface area (Å²) in [6.45, 7) is 0.504. The van der Waals surface area contributed by atoms with Gasteiger partial charge in [-0.2, -0.15) is 0 Å². The van der Waals surface area contributed by atoms with Gasteiger partial charge in [0.15, 0.2) is 0 Å². The van der Waals surface area contributed by atoms with E-state index in [-0.39, 0.29) is 0 Å². The lowest BCUT2D eigenvalue weighted by atomic mass is 10.0. The van der Waals surface area contributed by atoms with E-state index in [4.69, 9.17) is 4.74 Å². The zero-order valence-electron chi connectivity index (χ0n) is 18.2. The summed E-state index contributed by atoms with van der Waals surface area (Å²) in [5.74, 6) is 1.79. The third-order valence-electron chi connectivity index (χ3n) is 5.96. The summed E-state index contributed by atoms with van der Waals surface area (Å²) in [6.07, 6.45) is 5.62. The molecule has 5 nitrogen and oxygen atoms in total. The average molecular weight is 431 g/mol. The Morgan fingerprint density at radius 2 is 1.67 bits per heavy atom. The molecule has 33 heavy (non-hydrogen) atoms. The Hall–Kier alpha value is -4.38. The number of ether oxygens (including phenoxy) is 1. The third kappa shape index (κ3) is 3.44. The molecule has 0 saturated carbocycles. The number of hydrogen-bond acceptors (Lipinski definition) is 4. The number of pyridine rings is 1. The Bertz CT molecular complexity index is 1440. The van der Waals surface area contributed by atoms with E-state index in [1.54, 1.807) is 0 Å². The summed E-state index contributed by atoms with van der Waals surface area (Å²) in [7, 11) is 2.01. The van der Waals surface area contributed by atoms with Crippen molar-refractivity contribution in [1.82, 2.24) is 14.5 Å². The van der Waals surface area contributed by atoms with Crippen molar-refractivity contribution in [3.8, 4) is 28.4 Å². The zero-order valence-corrected chi connectivity index (χ0v) is 18.2. The maximum Gasteiger partial charge on any atom is 0.143 e. The van der Waals surface area contributed by atoms with Gasteiger partial charge in [-0.25, -0.2) is 4.98 Å². The highest BCUT2D eigenvalue weighted by molar-refractivity contribution is 5.85. The first-order valence-electron chi connectivity index (χ1n) is 10.9. The largest absolute Gasteiger partial charge is 0.487 e. The Labute approximate surface area is 192 Å². The number of fused-ring (bicyclic) bond motifs is 2. The Morgan fingerprint density at radius 3 is 2.52 bits per heavy atom. The van der Waals surface area contributed by atoms with Crippen molar-refractivity contribution in [1.29, 1.82) is 0 Å². The number of para-hydroxylation sites is 2. The highest BCUT2D eigenvalue weighted by Crippen LogP contribution is 2.45. The lowest BCUT2D eigenvalue weighted by molar-refractivity contribution is 0.310. The zero-order chi connectivity index (χ0) is 22.2. The highest BCUT2D eigenvalue weighted by atomic mass is 16.5. The number of hydrogen-bond donors (Lipinski definition) is 0. The Kier molecular flexibility index (Phi) is 4.65. The van der Waals surface area contributed by atoms with Gasteiger partial charge < -0.3 is 14.2 Å². The molecule has 0 fully saturated rings. The normalized spacial score (nSPS) is 12.5. The van der Waals surface area contributed by atoms with E-state index in [9.17, 15) is 0 Å². The van der Waals surface area contributed by atoms with Crippen LogP contribution >= 0.6 is 0 Å². The van der Waals surface area contributed by atoms with Gasteiger partial charge in [0.05, 0.1) is 17.1 Å². The lowest BCUT2D eigenvalue weighted by Crippen LogP contribution is -2.11. The summed E-state index contributed by atoms with van der Waals surface area (Å²) in [6, 6.07) is 29.1. The van der Waals surface area contributed by atoms with E-state index in [1.807, 2.05) is 66.6 Å². The fraction of sp³-hybridized carbons (Fsp3) is 0.0714. The second kappa shape index (κ2) is 7.95. The molecule has 1 aliphatic rings. The number of rotatable bonds is 3. The minimum absolute atomic E-state index is 0.504. The van der Waals surface area contributed by atoms with Gasteiger partial charge >= 0.3 is 0 Å². The lowest BCUT2D eigenvalue weighted by Gasteiger charge is -2.27. The summed E-state index contributed by atoms with van der Waals surface area (Å²) in [5.41, 5.74) is 7.33. The maximum atomic E-state index is 6.22. The third-order valence-corrected chi connectivity index (χ3v) is 5.96. The molecule has 160 valence electrons.